The van der Waals surface area contributed by atoms with Crippen molar-refractivity contribution >= 4 is 29.0 Å². The third kappa shape index (κ3) is 4.80. The first-order chi connectivity index (χ1) is 18.6. The van der Waals surface area contributed by atoms with Crippen molar-refractivity contribution in [1.82, 2.24) is 34.5 Å². The highest BCUT2D eigenvalue weighted by Gasteiger charge is 2.45. The molecular formula is C28H29FN8O. The summed E-state index contributed by atoms with van der Waals surface area (Å²) in [6, 6.07) is 5.79. The Morgan fingerprint density at radius 3 is 2.71 bits per heavy atom. The maximum Gasteiger partial charge on any atom is 0.260 e. The summed E-state index contributed by atoms with van der Waals surface area (Å²) in [7, 11) is 0. The van der Waals surface area contributed by atoms with Gasteiger partial charge in [-0.3, -0.25) is 9.69 Å². The summed E-state index contributed by atoms with van der Waals surface area (Å²) in [6.45, 7) is 2.75. The molecule has 194 valence electrons. The maximum atomic E-state index is 15.9. The number of fused-ring (bicyclic) bond motifs is 1. The highest BCUT2D eigenvalue weighted by Crippen LogP contribution is 2.34. The minimum absolute atomic E-state index is 0.0704. The van der Waals surface area contributed by atoms with Crippen LogP contribution < -0.4 is 0 Å². The van der Waals surface area contributed by atoms with Gasteiger partial charge in [-0.2, -0.15) is 10.2 Å². The lowest BCUT2D eigenvalue weighted by atomic mass is 9.90. The van der Waals surface area contributed by atoms with Crippen LogP contribution in [0, 0.1) is 0 Å². The number of hydrogen-bond acceptors (Lipinski definition) is 7. The molecular weight excluding hydrogens is 483 g/mol. The summed E-state index contributed by atoms with van der Waals surface area (Å²) < 4.78 is 18.0. The predicted molar refractivity (Wildman–Crippen MR) is 142 cm³/mol. The Hall–Kier alpha value is -4.01. The predicted octanol–water partition coefficient (Wildman–Crippen LogP) is 3.53. The Bertz CT molecular complexity index is 1440. The number of carbonyl (C=O) groups is 1. The number of hydrogen-bond donors (Lipinski definition) is 0. The van der Waals surface area contributed by atoms with Crippen molar-refractivity contribution in [3.8, 4) is 0 Å². The van der Waals surface area contributed by atoms with Crippen molar-refractivity contribution in [2.75, 3.05) is 26.2 Å². The molecule has 0 bridgehead atoms. The molecule has 0 radical (unpaired) electrons. The average molecular weight is 513 g/mol. The van der Waals surface area contributed by atoms with Crippen LogP contribution in [0.5, 0.6) is 0 Å². The van der Waals surface area contributed by atoms with Gasteiger partial charge >= 0.3 is 0 Å². The second-order valence-electron chi connectivity index (χ2n) is 9.99. The lowest BCUT2D eigenvalue weighted by molar-refractivity contribution is -0.148. The first kappa shape index (κ1) is 24.3. The first-order valence-corrected chi connectivity index (χ1v) is 13.1. The molecule has 0 aromatic carbocycles. The molecule has 38 heavy (non-hydrogen) atoms. The van der Waals surface area contributed by atoms with E-state index in [1.54, 1.807) is 29.7 Å². The first-order valence-electron chi connectivity index (χ1n) is 13.1. The van der Waals surface area contributed by atoms with Gasteiger partial charge in [0.1, 0.15) is 11.2 Å². The van der Waals surface area contributed by atoms with E-state index in [9.17, 15) is 4.79 Å². The molecule has 2 fully saturated rings. The highest BCUT2D eigenvalue weighted by molar-refractivity contribution is 5.85. The van der Waals surface area contributed by atoms with E-state index in [1.807, 2.05) is 36.4 Å². The Balaban J connectivity index is 1.14. The molecule has 3 aromatic rings. The SMILES string of the molecule is O=C(N1CCC(n2c(C3=C=CC=CC=N3)nc3cccnc32)CC1)C1(F)CCN(Cc2ccnnc2)CC1. The molecule has 1 amide bonds. The molecule has 3 aliphatic heterocycles. The quantitative estimate of drug-likeness (QED) is 0.486. The van der Waals surface area contributed by atoms with Crippen molar-refractivity contribution in [2.24, 2.45) is 4.99 Å². The molecule has 0 aliphatic carbocycles. The van der Waals surface area contributed by atoms with Gasteiger partial charge in [0, 0.05) is 70.2 Å². The molecule has 9 nitrogen and oxygen atoms in total. The maximum absolute atomic E-state index is 15.9. The van der Waals surface area contributed by atoms with Gasteiger partial charge in [-0.1, -0.05) is 11.8 Å². The normalized spacial score (nSPS) is 20.0. The number of likely N-dealkylation sites (tertiary alicyclic amines) is 2. The summed E-state index contributed by atoms with van der Waals surface area (Å²) in [6.07, 6.45) is 14.2. The second kappa shape index (κ2) is 10.4. The highest BCUT2D eigenvalue weighted by atomic mass is 19.1. The Morgan fingerprint density at radius 2 is 1.92 bits per heavy atom. The summed E-state index contributed by atoms with van der Waals surface area (Å²) in [5.41, 5.74) is 4.65. The van der Waals surface area contributed by atoms with Crippen molar-refractivity contribution < 1.29 is 9.18 Å². The number of carbonyl (C=O) groups excluding carboxylic acids is 1. The summed E-state index contributed by atoms with van der Waals surface area (Å²) in [5.74, 6) is 0.332. The topological polar surface area (TPSA) is 92.4 Å². The largest absolute Gasteiger partial charge is 0.340 e. The van der Waals surface area contributed by atoms with Gasteiger partial charge in [-0.25, -0.2) is 19.4 Å². The minimum atomic E-state index is -1.81. The van der Waals surface area contributed by atoms with E-state index in [2.05, 4.69) is 35.4 Å². The van der Waals surface area contributed by atoms with E-state index in [0.717, 1.165) is 16.7 Å². The average Bonchev–Trinajstić information content (AvgIpc) is 3.13. The van der Waals surface area contributed by atoms with E-state index >= 15 is 4.39 Å². The number of imidazole rings is 1. The molecule has 0 spiro atoms. The number of rotatable bonds is 5. The second-order valence-corrected chi connectivity index (χ2v) is 9.99. The van der Waals surface area contributed by atoms with Gasteiger partial charge in [0.05, 0.1) is 6.20 Å². The number of aromatic nitrogens is 5. The molecule has 10 heteroatoms. The van der Waals surface area contributed by atoms with E-state index < -0.39 is 5.67 Å². The van der Waals surface area contributed by atoms with Gasteiger partial charge in [-0.05, 0) is 48.8 Å². The lowest BCUT2D eigenvalue weighted by Crippen LogP contribution is -2.54. The zero-order valence-electron chi connectivity index (χ0n) is 21.1. The number of halogens is 1. The standard InChI is InChI=1S/C28H29FN8O/c29-28(10-17-35(18-11-28)20-21-7-14-32-33-19-21)27(38)36-15-8-22(9-16-36)37-25-24(6-4-13-31-25)34-26(37)23-5-2-1-3-12-30-23/h1-4,6-7,12-14,19,22H,8-11,15-18,20H2. The Kier molecular flexibility index (Phi) is 6.66. The number of pyridine rings is 1. The fourth-order valence-electron chi connectivity index (χ4n) is 5.51. The van der Waals surface area contributed by atoms with Crippen LogP contribution in [0.15, 0.2) is 65.7 Å². The summed E-state index contributed by atoms with van der Waals surface area (Å²) in [5, 5.41) is 7.71. The van der Waals surface area contributed by atoms with Crippen LogP contribution in [0.2, 0.25) is 0 Å². The van der Waals surface area contributed by atoms with E-state index in [0.29, 0.717) is 57.1 Å². The van der Waals surface area contributed by atoms with Gasteiger partial charge < -0.3 is 9.47 Å². The van der Waals surface area contributed by atoms with Crippen LogP contribution >= 0.6 is 0 Å². The molecule has 2 saturated heterocycles. The van der Waals surface area contributed by atoms with Crippen molar-refractivity contribution in [2.45, 2.75) is 43.9 Å². The van der Waals surface area contributed by atoms with E-state index in [4.69, 9.17) is 4.98 Å². The third-order valence-electron chi connectivity index (χ3n) is 7.58. The van der Waals surface area contributed by atoms with Crippen LogP contribution in [0.25, 0.3) is 16.9 Å². The van der Waals surface area contributed by atoms with E-state index in [1.165, 1.54) is 0 Å². The number of alkyl halides is 1. The smallest absolute Gasteiger partial charge is 0.260 e. The van der Waals surface area contributed by atoms with Crippen LogP contribution in [0.4, 0.5) is 4.39 Å². The Morgan fingerprint density at radius 1 is 1.08 bits per heavy atom. The van der Waals surface area contributed by atoms with Crippen molar-refractivity contribution in [1.29, 1.82) is 0 Å². The number of aliphatic imine (C=N–C) groups is 1. The van der Waals surface area contributed by atoms with Gasteiger partial charge in [0.2, 0.25) is 0 Å². The molecule has 3 aromatic heterocycles. The molecule has 3 aliphatic rings. The van der Waals surface area contributed by atoms with Crippen LogP contribution in [0.1, 0.15) is 43.1 Å². The van der Waals surface area contributed by atoms with Gasteiger partial charge in [-0.15, -0.1) is 0 Å². The fraction of sp³-hybridized carbons (Fsp3) is 0.393. The fourth-order valence-corrected chi connectivity index (χ4v) is 5.51. The zero-order valence-corrected chi connectivity index (χ0v) is 21.1. The van der Waals surface area contributed by atoms with Crippen molar-refractivity contribution in [3.05, 3.63) is 72.1 Å². The number of amides is 1. The third-order valence-corrected chi connectivity index (χ3v) is 7.58. The Labute approximate surface area is 220 Å². The van der Waals surface area contributed by atoms with Gasteiger partial charge in [0.25, 0.3) is 5.91 Å². The molecule has 6 heterocycles. The van der Waals surface area contributed by atoms with E-state index in [-0.39, 0.29) is 24.8 Å². The number of allylic oxidation sites excluding steroid dienone is 3. The monoisotopic (exact) mass is 512 g/mol. The van der Waals surface area contributed by atoms with Crippen LogP contribution in [-0.2, 0) is 11.3 Å². The van der Waals surface area contributed by atoms with Gasteiger partial charge in [0.15, 0.2) is 17.1 Å². The molecule has 0 N–H and O–H groups in total. The number of piperidine rings is 2. The number of nitrogens with zero attached hydrogens (tertiary/aromatic N) is 8. The summed E-state index contributed by atoms with van der Waals surface area (Å²) >= 11 is 0. The minimum Gasteiger partial charge on any atom is -0.340 e. The molecule has 0 atom stereocenters. The molecule has 6 rings (SSSR count). The van der Waals surface area contributed by atoms with Crippen molar-refractivity contribution in [3.63, 3.8) is 0 Å². The van der Waals surface area contributed by atoms with Crippen LogP contribution in [-0.4, -0.2) is 78.5 Å². The zero-order chi connectivity index (χ0) is 26.0. The molecule has 0 unspecified atom stereocenters. The summed E-state index contributed by atoms with van der Waals surface area (Å²) in [4.78, 5) is 31.1. The van der Waals surface area contributed by atoms with Crippen LogP contribution in [0.3, 0.4) is 0 Å². The molecule has 0 saturated carbocycles. The lowest BCUT2D eigenvalue weighted by Gasteiger charge is -2.40.